The molecular formula is C36H50N4O6. The summed E-state index contributed by atoms with van der Waals surface area (Å²) in [7, 11) is 1.73. The minimum Gasteiger partial charge on any atom is -0.450 e. The van der Waals surface area contributed by atoms with Gasteiger partial charge in [0.15, 0.2) is 0 Å². The third-order valence-electron chi connectivity index (χ3n) is 8.26. The lowest BCUT2D eigenvalue weighted by atomic mass is 9.91. The Labute approximate surface area is 272 Å². The number of nitrogens with one attached hydrogen (secondary N) is 2. The second-order valence-electron chi connectivity index (χ2n) is 13.0. The lowest BCUT2D eigenvalue weighted by molar-refractivity contribution is -0.132. The molecule has 10 nitrogen and oxygen atoms in total. The molecule has 10 heteroatoms. The molecule has 0 spiro atoms. The fourth-order valence-corrected chi connectivity index (χ4v) is 6.34. The van der Waals surface area contributed by atoms with Crippen molar-refractivity contribution in [2.24, 2.45) is 0 Å². The highest BCUT2D eigenvalue weighted by molar-refractivity contribution is 5.86. The molecule has 4 rings (SSSR count). The number of carbonyl (C=O) groups is 3. The zero-order valence-corrected chi connectivity index (χ0v) is 28.2. The number of aryl methyl sites for hydroxylation is 2. The lowest BCUT2D eigenvalue weighted by Gasteiger charge is -2.35. The number of likely N-dealkylation sites (tertiary alicyclic amines) is 1. The van der Waals surface area contributed by atoms with E-state index in [0.717, 1.165) is 31.4 Å². The van der Waals surface area contributed by atoms with Crippen LogP contribution in [-0.2, 0) is 32.0 Å². The SMILES string of the molecule is CCOC(=O)Nc1ccc(C[C@H](CC(=O)N2CCCC(c3c(C)c4ccccc4n3CCCOC)C2)NC(=O)OC(C)(C)C)cc1. The van der Waals surface area contributed by atoms with Crippen LogP contribution in [0.2, 0.25) is 0 Å². The summed E-state index contributed by atoms with van der Waals surface area (Å²) in [4.78, 5) is 40.5. The predicted octanol–water partition coefficient (Wildman–Crippen LogP) is 6.79. The van der Waals surface area contributed by atoms with E-state index in [1.54, 1.807) is 26.2 Å². The molecule has 1 saturated heterocycles. The average molecular weight is 635 g/mol. The Kier molecular flexibility index (Phi) is 12.1. The van der Waals surface area contributed by atoms with Crippen LogP contribution in [0.25, 0.3) is 10.9 Å². The summed E-state index contributed by atoms with van der Waals surface area (Å²) >= 11 is 0. The van der Waals surface area contributed by atoms with Crippen LogP contribution in [0.15, 0.2) is 48.5 Å². The third kappa shape index (κ3) is 9.48. The van der Waals surface area contributed by atoms with Gasteiger partial charge in [0.1, 0.15) is 5.60 Å². The molecule has 1 aliphatic heterocycles. The van der Waals surface area contributed by atoms with Crippen LogP contribution < -0.4 is 10.6 Å². The number of hydrogen-bond acceptors (Lipinski definition) is 6. The summed E-state index contributed by atoms with van der Waals surface area (Å²) < 4.78 is 18.3. The highest BCUT2D eigenvalue weighted by Gasteiger charge is 2.31. The molecule has 46 heavy (non-hydrogen) atoms. The average Bonchev–Trinajstić information content (AvgIpc) is 3.28. The van der Waals surface area contributed by atoms with Gasteiger partial charge in [0.2, 0.25) is 5.91 Å². The Bertz CT molecular complexity index is 1480. The van der Waals surface area contributed by atoms with Crippen molar-refractivity contribution in [3.63, 3.8) is 0 Å². The highest BCUT2D eigenvalue weighted by Crippen LogP contribution is 2.36. The number of alkyl carbamates (subject to hydrolysis) is 1. The number of amides is 3. The Balaban J connectivity index is 1.50. The molecular weight excluding hydrogens is 584 g/mol. The van der Waals surface area contributed by atoms with E-state index in [2.05, 4.69) is 46.4 Å². The van der Waals surface area contributed by atoms with Crippen molar-refractivity contribution in [2.45, 2.75) is 90.8 Å². The molecule has 1 aromatic heterocycles. The topological polar surface area (TPSA) is 111 Å². The van der Waals surface area contributed by atoms with Crippen molar-refractivity contribution in [1.29, 1.82) is 0 Å². The van der Waals surface area contributed by atoms with Gasteiger partial charge in [0, 0.05) is 74.0 Å². The van der Waals surface area contributed by atoms with E-state index in [4.69, 9.17) is 14.2 Å². The number of rotatable bonds is 12. The monoisotopic (exact) mass is 634 g/mol. The fourth-order valence-electron chi connectivity index (χ4n) is 6.34. The van der Waals surface area contributed by atoms with Crippen molar-refractivity contribution in [1.82, 2.24) is 14.8 Å². The maximum atomic E-state index is 13.9. The summed E-state index contributed by atoms with van der Waals surface area (Å²) in [5.41, 5.74) is 4.64. The van der Waals surface area contributed by atoms with Crippen LogP contribution in [-0.4, -0.2) is 72.6 Å². The number of piperidine rings is 1. The van der Waals surface area contributed by atoms with Gasteiger partial charge in [0.05, 0.1) is 6.61 Å². The molecule has 1 fully saturated rings. The minimum atomic E-state index is -0.668. The zero-order chi connectivity index (χ0) is 33.3. The fraction of sp³-hybridized carbons (Fsp3) is 0.528. The molecule has 2 atom stereocenters. The molecule has 2 N–H and O–H groups in total. The van der Waals surface area contributed by atoms with Crippen LogP contribution in [0.5, 0.6) is 0 Å². The molecule has 3 amide bonds. The van der Waals surface area contributed by atoms with Crippen molar-refractivity contribution < 1.29 is 28.6 Å². The molecule has 0 aliphatic carbocycles. The van der Waals surface area contributed by atoms with Crippen LogP contribution in [0.4, 0.5) is 15.3 Å². The molecule has 3 aromatic rings. The molecule has 0 saturated carbocycles. The van der Waals surface area contributed by atoms with E-state index >= 15 is 0 Å². The number of anilines is 1. The second-order valence-corrected chi connectivity index (χ2v) is 13.0. The van der Waals surface area contributed by atoms with Gasteiger partial charge < -0.3 is 29.0 Å². The normalized spacial score (nSPS) is 15.8. The summed E-state index contributed by atoms with van der Waals surface area (Å²) in [6.45, 7) is 12.5. The number of methoxy groups -OCH3 is 1. The first-order valence-corrected chi connectivity index (χ1v) is 16.4. The summed E-state index contributed by atoms with van der Waals surface area (Å²) in [5.74, 6) is 0.218. The largest absolute Gasteiger partial charge is 0.450 e. The van der Waals surface area contributed by atoms with Gasteiger partial charge in [-0.25, -0.2) is 9.59 Å². The number of para-hydroxylation sites is 1. The Morgan fingerprint density at radius 1 is 1.04 bits per heavy atom. The van der Waals surface area contributed by atoms with Crippen LogP contribution in [0, 0.1) is 6.92 Å². The van der Waals surface area contributed by atoms with E-state index in [-0.39, 0.29) is 24.9 Å². The molecule has 0 radical (unpaired) electrons. The van der Waals surface area contributed by atoms with Gasteiger partial charge in [-0.15, -0.1) is 0 Å². The first kappa shape index (κ1) is 34.8. The molecule has 2 aromatic carbocycles. The second kappa shape index (κ2) is 16.0. The van der Waals surface area contributed by atoms with Crippen molar-refractivity contribution >= 4 is 34.7 Å². The lowest BCUT2D eigenvalue weighted by Crippen LogP contribution is -2.46. The molecule has 1 unspecified atom stereocenters. The first-order valence-electron chi connectivity index (χ1n) is 16.4. The quantitative estimate of drug-likeness (QED) is 0.212. The number of nitrogens with zero attached hydrogens (tertiary/aromatic N) is 2. The maximum absolute atomic E-state index is 13.9. The molecule has 250 valence electrons. The van der Waals surface area contributed by atoms with E-state index in [1.165, 1.54) is 22.2 Å². The molecule has 1 aliphatic rings. The third-order valence-corrected chi connectivity index (χ3v) is 8.26. The van der Waals surface area contributed by atoms with Gasteiger partial charge in [-0.2, -0.15) is 0 Å². The van der Waals surface area contributed by atoms with E-state index in [0.29, 0.717) is 31.8 Å². The number of fused-ring (bicyclic) bond motifs is 1. The predicted molar refractivity (Wildman–Crippen MR) is 180 cm³/mol. The zero-order valence-electron chi connectivity index (χ0n) is 28.2. The van der Waals surface area contributed by atoms with Crippen molar-refractivity contribution in [3.8, 4) is 0 Å². The number of hydrogen-bond donors (Lipinski definition) is 2. The number of benzene rings is 2. The Hall–Kier alpha value is -4.05. The first-order chi connectivity index (χ1) is 22.0. The van der Waals surface area contributed by atoms with Crippen LogP contribution in [0.1, 0.15) is 76.1 Å². The smallest absolute Gasteiger partial charge is 0.411 e. The van der Waals surface area contributed by atoms with Gasteiger partial charge in [-0.3, -0.25) is 10.1 Å². The van der Waals surface area contributed by atoms with E-state index in [1.807, 2.05) is 37.8 Å². The standard InChI is InChI=1S/C36H50N4O6/c1-7-45-34(42)37-28-17-15-26(16-18-28)22-29(38-35(43)46-36(3,4)5)23-32(41)39-19-10-12-27(24-39)33-25(2)30-13-8-9-14-31(30)40(33)20-11-21-44-6/h8-9,13-18,27,29H,7,10-12,19-24H2,1-6H3,(H,37,42)(H,38,43)/t27?,29-/m1/s1. The summed E-state index contributed by atoms with van der Waals surface area (Å²) in [6, 6.07) is 15.3. The molecule has 0 bridgehead atoms. The number of carbonyl (C=O) groups excluding carboxylic acids is 3. The van der Waals surface area contributed by atoms with Crippen molar-refractivity contribution in [3.05, 3.63) is 65.4 Å². The van der Waals surface area contributed by atoms with E-state index in [9.17, 15) is 14.4 Å². The maximum Gasteiger partial charge on any atom is 0.411 e. The van der Waals surface area contributed by atoms with Gasteiger partial charge in [-0.05, 0) is 89.6 Å². The summed E-state index contributed by atoms with van der Waals surface area (Å²) in [6.07, 6.45) is 2.33. The number of ether oxygens (including phenoxy) is 3. The van der Waals surface area contributed by atoms with Gasteiger partial charge in [-0.1, -0.05) is 30.3 Å². The number of aromatic nitrogens is 1. The minimum absolute atomic E-state index is 0.00561. The van der Waals surface area contributed by atoms with Gasteiger partial charge >= 0.3 is 12.2 Å². The van der Waals surface area contributed by atoms with Crippen LogP contribution in [0.3, 0.4) is 0 Å². The Morgan fingerprint density at radius 3 is 2.48 bits per heavy atom. The van der Waals surface area contributed by atoms with Gasteiger partial charge in [0.25, 0.3) is 0 Å². The summed E-state index contributed by atoms with van der Waals surface area (Å²) in [5, 5.41) is 6.89. The van der Waals surface area contributed by atoms with Crippen LogP contribution >= 0.6 is 0 Å². The highest BCUT2D eigenvalue weighted by atomic mass is 16.6. The molecule has 2 heterocycles. The van der Waals surface area contributed by atoms with E-state index < -0.39 is 23.8 Å². The van der Waals surface area contributed by atoms with Crippen molar-refractivity contribution in [2.75, 3.05) is 38.7 Å². The Morgan fingerprint density at radius 2 is 1.78 bits per heavy atom.